The van der Waals surface area contributed by atoms with Crippen LogP contribution in [-0.2, 0) is 4.74 Å². The molecule has 1 rings (SSSR count). The molecule has 0 aromatic heterocycles. The Bertz CT molecular complexity index is 166. The Labute approximate surface area is 94.9 Å². The highest BCUT2D eigenvalue weighted by atomic mass is 16.5. The molecule has 0 saturated carbocycles. The Balaban J connectivity index is 1.95. The summed E-state index contributed by atoms with van der Waals surface area (Å²) >= 11 is 0. The average molecular weight is 210 g/mol. The lowest BCUT2D eigenvalue weighted by Crippen LogP contribution is -2.15. The van der Waals surface area contributed by atoms with Crippen molar-refractivity contribution in [2.75, 3.05) is 13.2 Å². The number of hydrogen-bond donors (Lipinski definition) is 0. The van der Waals surface area contributed by atoms with Crippen molar-refractivity contribution in [2.45, 2.75) is 52.4 Å². The maximum atomic E-state index is 5.35. The van der Waals surface area contributed by atoms with Gasteiger partial charge >= 0.3 is 0 Å². The van der Waals surface area contributed by atoms with E-state index in [2.05, 4.69) is 26.0 Å². The minimum Gasteiger partial charge on any atom is -0.381 e. The third-order valence-corrected chi connectivity index (χ3v) is 3.16. The van der Waals surface area contributed by atoms with Gasteiger partial charge in [-0.3, -0.25) is 0 Å². The fourth-order valence-corrected chi connectivity index (χ4v) is 2.03. The lowest BCUT2D eigenvalue weighted by atomic mass is 9.95. The maximum absolute atomic E-state index is 5.35. The van der Waals surface area contributed by atoms with Gasteiger partial charge in [-0.25, -0.2) is 0 Å². The molecule has 1 heterocycles. The molecule has 1 saturated heterocycles. The Hall–Kier alpha value is -0.300. The minimum absolute atomic E-state index is 0.838. The van der Waals surface area contributed by atoms with Crippen molar-refractivity contribution in [1.29, 1.82) is 0 Å². The van der Waals surface area contributed by atoms with Gasteiger partial charge in [0.2, 0.25) is 0 Å². The monoisotopic (exact) mass is 210 g/mol. The van der Waals surface area contributed by atoms with Gasteiger partial charge in [-0.15, -0.1) is 0 Å². The van der Waals surface area contributed by atoms with Crippen LogP contribution in [0, 0.1) is 11.8 Å². The van der Waals surface area contributed by atoms with E-state index in [-0.39, 0.29) is 0 Å². The first-order chi connectivity index (χ1) is 7.29. The van der Waals surface area contributed by atoms with E-state index in [0.717, 1.165) is 25.0 Å². The first-order valence-electron chi connectivity index (χ1n) is 6.51. The fourth-order valence-electron chi connectivity index (χ4n) is 2.03. The number of ether oxygens (including phenoxy) is 1. The lowest BCUT2D eigenvalue weighted by Gasteiger charge is -2.21. The van der Waals surface area contributed by atoms with Crippen LogP contribution in [0.3, 0.4) is 0 Å². The van der Waals surface area contributed by atoms with Crippen molar-refractivity contribution in [3.63, 3.8) is 0 Å². The zero-order chi connectivity index (χ0) is 10.9. The summed E-state index contributed by atoms with van der Waals surface area (Å²) in [5.74, 6) is 1.76. The molecule has 0 radical (unpaired) electrons. The summed E-state index contributed by atoms with van der Waals surface area (Å²) in [6, 6.07) is 0. The molecule has 0 spiro atoms. The molecule has 1 heteroatoms. The van der Waals surface area contributed by atoms with Crippen LogP contribution in [0.5, 0.6) is 0 Å². The lowest BCUT2D eigenvalue weighted by molar-refractivity contribution is 0.0642. The van der Waals surface area contributed by atoms with E-state index >= 15 is 0 Å². The van der Waals surface area contributed by atoms with Gasteiger partial charge in [0, 0.05) is 13.2 Å². The zero-order valence-corrected chi connectivity index (χ0v) is 10.4. The van der Waals surface area contributed by atoms with Gasteiger partial charge in [-0.1, -0.05) is 26.0 Å². The van der Waals surface area contributed by atoms with Crippen molar-refractivity contribution in [3.8, 4) is 0 Å². The van der Waals surface area contributed by atoms with Gasteiger partial charge in [0.1, 0.15) is 0 Å². The van der Waals surface area contributed by atoms with Crippen molar-refractivity contribution >= 4 is 0 Å². The van der Waals surface area contributed by atoms with E-state index in [1.54, 1.807) is 0 Å². The molecule has 15 heavy (non-hydrogen) atoms. The van der Waals surface area contributed by atoms with Crippen LogP contribution in [0.25, 0.3) is 0 Å². The van der Waals surface area contributed by atoms with Crippen LogP contribution < -0.4 is 0 Å². The van der Waals surface area contributed by atoms with Gasteiger partial charge in [-0.05, 0) is 50.4 Å². The summed E-state index contributed by atoms with van der Waals surface area (Å²) in [5, 5.41) is 0. The largest absolute Gasteiger partial charge is 0.381 e. The average Bonchev–Trinajstić information content (AvgIpc) is 2.24. The molecule has 0 aromatic carbocycles. The van der Waals surface area contributed by atoms with Gasteiger partial charge in [0.05, 0.1) is 0 Å². The SMILES string of the molecule is CC(C)CC/C=C\CCC1CCOCC1. The van der Waals surface area contributed by atoms with E-state index in [9.17, 15) is 0 Å². The molecule has 0 aromatic rings. The van der Waals surface area contributed by atoms with Crippen molar-refractivity contribution in [3.05, 3.63) is 12.2 Å². The molecule has 0 bridgehead atoms. The van der Waals surface area contributed by atoms with Crippen LogP contribution in [0.15, 0.2) is 12.2 Å². The van der Waals surface area contributed by atoms with Crippen molar-refractivity contribution in [1.82, 2.24) is 0 Å². The molecule has 1 fully saturated rings. The molecule has 1 nitrogen and oxygen atoms in total. The van der Waals surface area contributed by atoms with Crippen molar-refractivity contribution < 1.29 is 4.74 Å². The van der Waals surface area contributed by atoms with Gasteiger partial charge in [-0.2, -0.15) is 0 Å². The number of hydrogen-bond acceptors (Lipinski definition) is 1. The van der Waals surface area contributed by atoms with Crippen LogP contribution in [0.4, 0.5) is 0 Å². The smallest absolute Gasteiger partial charge is 0.0468 e. The Morgan fingerprint density at radius 1 is 1.13 bits per heavy atom. The summed E-state index contributed by atoms with van der Waals surface area (Å²) < 4.78 is 5.35. The highest BCUT2D eigenvalue weighted by Gasteiger charge is 2.11. The van der Waals surface area contributed by atoms with E-state index in [4.69, 9.17) is 4.74 Å². The second-order valence-electron chi connectivity index (χ2n) is 5.08. The van der Waals surface area contributed by atoms with Gasteiger partial charge in [0.25, 0.3) is 0 Å². The molecular formula is C14H26O. The minimum atomic E-state index is 0.838. The second-order valence-corrected chi connectivity index (χ2v) is 5.08. The van der Waals surface area contributed by atoms with Crippen LogP contribution >= 0.6 is 0 Å². The fraction of sp³-hybridized carbons (Fsp3) is 0.857. The van der Waals surface area contributed by atoms with Crippen LogP contribution in [0.2, 0.25) is 0 Å². The molecule has 88 valence electrons. The molecule has 1 aliphatic heterocycles. The second kappa shape index (κ2) is 7.92. The zero-order valence-electron chi connectivity index (χ0n) is 10.4. The summed E-state index contributed by atoms with van der Waals surface area (Å²) in [7, 11) is 0. The Kier molecular flexibility index (Phi) is 6.74. The third-order valence-electron chi connectivity index (χ3n) is 3.16. The highest BCUT2D eigenvalue weighted by Crippen LogP contribution is 2.20. The van der Waals surface area contributed by atoms with E-state index in [1.165, 1.54) is 38.5 Å². The van der Waals surface area contributed by atoms with Crippen molar-refractivity contribution in [2.24, 2.45) is 11.8 Å². The Morgan fingerprint density at radius 3 is 2.47 bits per heavy atom. The summed E-state index contributed by atoms with van der Waals surface area (Å²) in [6.45, 7) is 6.55. The first kappa shape index (κ1) is 12.8. The molecule has 0 N–H and O–H groups in total. The van der Waals surface area contributed by atoms with Crippen LogP contribution in [0.1, 0.15) is 52.4 Å². The maximum Gasteiger partial charge on any atom is 0.0468 e. The van der Waals surface area contributed by atoms with E-state index < -0.39 is 0 Å². The predicted octanol–water partition coefficient (Wildman–Crippen LogP) is 4.19. The normalized spacial score (nSPS) is 19.1. The third kappa shape index (κ3) is 6.72. The molecular weight excluding hydrogens is 184 g/mol. The van der Waals surface area contributed by atoms with E-state index in [1.807, 2.05) is 0 Å². The quantitative estimate of drug-likeness (QED) is 0.597. The highest BCUT2D eigenvalue weighted by molar-refractivity contribution is 4.82. The first-order valence-corrected chi connectivity index (χ1v) is 6.51. The van der Waals surface area contributed by atoms with Gasteiger partial charge in [0.15, 0.2) is 0 Å². The standard InChI is InChI=1S/C14H26O/c1-13(2)7-5-3-4-6-8-14-9-11-15-12-10-14/h3-4,13-14H,5-12H2,1-2H3/b4-3-. The predicted molar refractivity (Wildman–Crippen MR) is 66.0 cm³/mol. The van der Waals surface area contributed by atoms with Crippen LogP contribution in [-0.4, -0.2) is 13.2 Å². The summed E-state index contributed by atoms with van der Waals surface area (Å²) in [6.07, 6.45) is 12.5. The number of allylic oxidation sites excluding steroid dienone is 2. The molecule has 0 aliphatic carbocycles. The molecule has 0 atom stereocenters. The molecule has 1 aliphatic rings. The number of rotatable bonds is 6. The molecule has 0 unspecified atom stereocenters. The molecule has 0 amide bonds. The summed E-state index contributed by atoms with van der Waals surface area (Å²) in [5.41, 5.74) is 0. The summed E-state index contributed by atoms with van der Waals surface area (Å²) in [4.78, 5) is 0. The topological polar surface area (TPSA) is 9.23 Å². The van der Waals surface area contributed by atoms with E-state index in [0.29, 0.717) is 0 Å². The van der Waals surface area contributed by atoms with Gasteiger partial charge < -0.3 is 4.74 Å². The Morgan fingerprint density at radius 2 is 1.80 bits per heavy atom.